The maximum Gasteiger partial charge on any atom is 0.410 e. The van der Waals surface area contributed by atoms with E-state index in [2.05, 4.69) is 33.9 Å². The number of nitrogens with zero attached hydrogens (tertiary/aromatic N) is 1. The number of carbonyl (C=O) groups excluding carboxylic acids is 1. The first-order valence-corrected chi connectivity index (χ1v) is 12.2. The van der Waals surface area contributed by atoms with E-state index < -0.39 is 27.8 Å². The van der Waals surface area contributed by atoms with Crippen LogP contribution >= 0.6 is 7.60 Å². The summed E-state index contributed by atoms with van der Waals surface area (Å²) in [6.07, 6.45) is -0.357. The van der Waals surface area contributed by atoms with Gasteiger partial charge in [0.05, 0.1) is 19.8 Å². The van der Waals surface area contributed by atoms with Crippen molar-refractivity contribution in [3.63, 3.8) is 0 Å². The predicted molar refractivity (Wildman–Crippen MR) is 91.2 cm³/mol. The lowest BCUT2D eigenvalue weighted by Crippen LogP contribution is -2.44. The molecule has 0 aromatic carbocycles. The topological polar surface area (TPSA) is 74.3 Å². The largest absolute Gasteiger partial charge is 0.453 e. The van der Waals surface area contributed by atoms with Crippen LogP contribution in [0.25, 0.3) is 0 Å². The molecule has 1 fully saturated rings. The summed E-state index contributed by atoms with van der Waals surface area (Å²) in [5.41, 5.74) is 0. The number of rotatable bonds is 5. The number of methoxy groups -OCH3 is 1. The van der Waals surface area contributed by atoms with E-state index in [1.807, 2.05) is 0 Å². The number of carbonyl (C=O) groups is 1. The average molecular weight is 367 g/mol. The molecule has 2 unspecified atom stereocenters. The van der Waals surface area contributed by atoms with Crippen LogP contribution in [0.4, 0.5) is 4.79 Å². The van der Waals surface area contributed by atoms with Crippen LogP contribution < -0.4 is 0 Å². The summed E-state index contributed by atoms with van der Waals surface area (Å²) in [7, 11) is -1.50. The molecule has 1 saturated heterocycles. The molecule has 1 aliphatic heterocycles. The van der Waals surface area contributed by atoms with Gasteiger partial charge >= 0.3 is 13.7 Å². The summed E-state index contributed by atoms with van der Waals surface area (Å²) in [5, 5.41) is 0.0490. The molecular formula is C14H30NO6PSi. The molecule has 0 aromatic heterocycles. The Morgan fingerprint density at radius 1 is 1.17 bits per heavy atom. The average Bonchev–Trinajstić information content (AvgIpc) is 2.88. The van der Waals surface area contributed by atoms with E-state index in [0.717, 1.165) is 0 Å². The summed E-state index contributed by atoms with van der Waals surface area (Å²) >= 11 is 0. The molecule has 0 aliphatic carbocycles. The van der Waals surface area contributed by atoms with Crippen molar-refractivity contribution < 1.29 is 27.6 Å². The van der Waals surface area contributed by atoms with Gasteiger partial charge in [0.1, 0.15) is 5.78 Å². The molecule has 9 heteroatoms. The van der Waals surface area contributed by atoms with Gasteiger partial charge in [-0.05, 0) is 18.1 Å². The Balaban J connectivity index is 3.02. The van der Waals surface area contributed by atoms with Crippen molar-refractivity contribution in [2.75, 3.05) is 27.9 Å². The molecule has 2 atom stereocenters. The highest BCUT2D eigenvalue weighted by Gasteiger charge is 2.50. The molecule has 7 nitrogen and oxygen atoms in total. The molecule has 1 rings (SSSR count). The molecule has 1 amide bonds. The Bertz CT molecular complexity index is 470. The maximum atomic E-state index is 12.8. The minimum Gasteiger partial charge on any atom is -0.453 e. The van der Waals surface area contributed by atoms with Crippen LogP contribution in [0.1, 0.15) is 27.2 Å². The third kappa shape index (κ3) is 4.36. The molecule has 136 valence electrons. The highest BCUT2D eigenvalue weighted by Crippen LogP contribution is 2.57. The quantitative estimate of drug-likeness (QED) is 0.545. The fourth-order valence-electron chi connectivity index (χ4n) is 2.39. The molecule has 1 heterocycles. The predicted octanol–water partition coefficient (Wildman–Crippen LogP) is 3.66. The van der Waals surface area contributed by atoms with Gasteiger partial charge < -0.3 is 18.2 Å². The minimum atomic E-state index is -3.43. The van der Waals surface area contributed by atoms with Gasteiger partial charge in [0, 0.05) is 20.6 Å². The fourth-order valence-corrected chi connectivity index (χ4v) is 5.40. The lowest BCUT2D eigenvalue weighted by atomic mass is 10.2. The molecule has 0 N–H and O–H groups in total. The number of ether oxygens (including phenoxy) is 1. The second kappa shape index (κ2) is 7.23. The molecule has 0 saturated carbocycles. The molecule has 23 heavy (non-hydrogen) atoms. The summed E-state index contributed by atoms with van der Waals surface area (Å²) in [6.45, 7) is 11.1. The van der Waals surface area contributed by atoms with Crippen molar-refractivity contribution in [2.45, 2.75) is 57.2 Å². The number of hydrogen-bond donors (Lipinski definition) is 0. The van der Waals surface area contributed by atoms with Gasteiger partial charge in [0.25, 0.3) is 0 Å². The van der Waals surface area contributed by atoms with Crippen LogP contribution in [0.5, 0.6) is 0 Å². The van der Waals surface area contributed by atoms with Crippen molar-refractivity contribution >= 4 is 22.0 Å². The zero-order chi connectivity index (χ0) is 18.1. The van der Waals surface area contributed by atoms with Crippen molar-refractivity contribution in [2.24, 2.45) is 0 Å². The first-order valence-electron chi connectivity index (χ1n) is 7.65. The van der Waals surface area contributed by atoms with E-state index >= 15 is 0 Å². The zero-order valence-corrected chi connectivity index (χ0v) is 17.3. The Hall–Kier alpha value is -0.403. The van der Waals surface area contributed by atoms with Gasteiger partial charge in [0.2, 0.25) is 0 Å². The SMILES string of the molecule is COC(=O)N1CC(O[Si](C)(C)C(C)(C)C)CC1P(=O)(OC)OC. The Kier molecular flexibility index (Phi) is 6.49. The third-order valence-corrected chi connectivity index (χ3v) is 11.6. The van der Waals surface area contributed by atoms with Gasteiger partial charge in [-0.3, -0.25) is 9.46 Å². The van der Waals surface area contributed by atoms with Crippen LogP contribution in [-0.4, -0.2) is 59.1 Å². The summed E-state index contributed by atoms with van der Waals surface area (Å²) in [6, 6.07) is 0. The van der Waals surface area contributed by atoms with Crippen molar-refractivity contribution in [3.05, 3.63) is 0 Å². The smallest absolute Gasteiger partial charge is 0.410 e. The maximum absolute atomic E-state index is 12.8. The van der Waals surface area contributed by atoms with E-state index in [1.54, 1.807) is 0 Å². The molecule has 0 spiro atoms. The van der Waals surface area contributed by atoms with Crippen molar-refractivity contribution in [3.8, 4) is 0 Å². The van der Waals surface area contributed by atoms with E-state index in [1.165, 1.54) is 26.2 Å². The zero-order valence-electron chi connectivity index (χ0n) is 15.4. The molecular weight excluding hydrogens is 337 g/mol. The van der Waals surface area contributed by atoms with E-state index in [-0.39, 0.29) is 11.1 Å². The highest BCUT2D eigenvalue weighted by molar-refractivity contribution is 7.54. The summed E-state index contributed by atoms with van der Waals surface area (Å²) in [4.78, 5) is 13.4. The van der Waals surface area contributed by atoms with Gasteiger partial charge in [-0.15, -0.1) is 0 Å². The second-order valence-corrected chi connectivity index (χ2v) is 14.4. The van der Waals surface area contributed by atoms with Crippen LogP contribution in [0.15, 0.2) is 0 Å². The van der Waals surface area contributed by atoms with Gasteiger partial charge in [0.15, 0.2) is 8.32 Å². The van der Waals surface area contributed by atoms with Crippen LogP contribution in [0.3, 0.4) is 0 Å². The van der Waals surface area contributed by atoms with Crippen LogP contribution in [-0.2, 0) is 22.8 Å². The van der Waals surface area contributed by atoms with E-state index in [4.69, 9.17) is 18.2 Å². The standard InChI is InChI=1S/C14H30NO6PSi/c1-14(2,3)23(7,8)21-11-9-12(22(17,19-5)20-6)15(10-11)13(16)18-4/h11-12H,9-10H2,1-8H3. The van der Waals surface area contributed by atoms with Crippen molar-refractivity contribution in [1.82, 2.24) is 4.90 Å². The van der Waals surface area contributed by atoms with Gasteiger partial charge in [-0.2, -0.15) is 0 Å². The Morgan fingerprint density at radius 2 is 1.70 bits per heavy atom. The number of hydrogen-bond acceptors (Lipinski definition) is 6. The molecule has 0 radical (unpaired) electrons. The monoisotopic (exact) mass is 367 g/mol. The normalized spacial score (nSPS) is 23.2. The molecule has 0 bridgehead atoms. The lowest BCUT2D eigenvalue weighted by molar-refractivity contribution is 0.116. The molecule has 0 aromatic rings. The second-order valence-electron chi connectivity index (χ2n) is 7.24. The Labute approximate surface area is 140 Å². The first-order chi connectivity index (χ1) is 10.4. The van der Waals surface area contributed by atoms with Crippen LogP contribution in [0.2, 0.25) is 18.1 Å². The number of likely N-dealkylation sites (tertiary alicyclic amines) is 1. The molecule has 1 aliphatic rings. The third-order valence-electron chi connectivity index (χ3n) is 4.78. The highest BCUT2D eigenvalue weighted by atomic mass is 31.2. The van der Waals surface area contributed by atoms with Crippen LogP contribution in [0, 0.1) is 0 Å². The van der Waals surface area contributed by atoms with Gasteiger partial charge in [-0.1, -0.05) is 20.8 Å². The lowest BCUT2D eigenvalue weighted by Gasteiger charge is -2.38. The van der Waals surface area contributed by atoms with Gasteiger partial charge in [-0.25, -0.2) is 4.79 Å². The fraction of sp³-hybridized carbons (Fsp3) is 0.929. The van der Waals surface area contributed by atoms with Crippen molar-refractivity contribution in [1.29, 1.82) is 0 Å². The van der Waals surface area contributed by atoms with E-state index in [9.17, 15) is 9.36 Å². The summed E-state index contributed by atoms with van der Waals surface area (Å²) < 4.78 is 34.1. The first kappa shape index (κ1) is 20.6. The Morgan fingerprint density at radius 3 is 2.09 bits per heavy atom. The number of amides is 1. The minimum absolute atomic E-state index is 0.0490. The summed E-state index contributed by atoms with van der Waals surface area (Å²) in [5.74, 6) is -0.695. The van der Waals surface area contributed by atoms with E-state index in [0.29, 0.717) is 13.0 Å².